The van der Waals surface area contributed by atoms with Crippen LogP contribution in [0.4, 0.5) is 15.9 Å². The van der Waals surface area contributed by atoms with Gasteiger partial charge in [0.25, 0.3) is 0 Å². The molecule has 0 bridgehead atoms. The zero-order valence-corrected chi connectivity index (χ0v) is 15.3. The number of benzene rings is 1. The summed E-state index contributed by atoms with van der Waals surface area (Å²) in [5.74, 6) is 0.545. The molecule has 27 heavy (non-hydrogen) atoms. The lowest BCUT2D eigenvalue weighted by Gasteiger charge is -2.36. The molecular formula is C20H23FN4O2. The van der Waals surface area contributed by atoms with Gasteiger partial charge < -0.3 is 14.6 Å². The molecule has 0 aliphatic carbocycles. The van der Waals surface area contributed by atoms with Crippen molar-refractivity contribution >= 4 is 24.1 Å². The van der Waals surface area contributed by atoms with E-state index in [4.69, 9.17) is 0 Å². The lowest BCUT2D eigenvalue weighted by Crippen LogP contribution is -2.46. The van der Waals surface area contributed by atoms with E-state index in [9.17, 15) is 14.0 Å². The molecule has 7 heteroatoms. The minimum atomic E-state index is -0.219. The molecule has 3 rings (SSSR count). The molecule has 0 saturated carbocycles. The predicted octanol–water partition coefficient (Wildman–Crippen LogP) is 2.84. The Morgan fingerprint density at radius 1 is 1.11 bits per heavy atom. The van der Waals surface area contributed by atoms with E-state index in [0.29, 0.717) is 30.4 Å². The van der Waals surface area contributed by atoms with Gasteiger partial charge in [-0.25, -0.2) is 14.4 Å². The van der Waals surface area contributed by atoms with Gasteiger partial charge in [0.1, 0.15) is 23.6 Å². The monoisotopic (exact) mass is 370 g/mol. The van der Waals surface area contributed by atoms with E-state index in [1.54, 1.807) is 12.3 Å². The summed E-state index contributed by atoms with van der Waals surface area (Å²) in [5, 5.41) is 0. The van der Waals surface area contributed by atoms with Crippen molar-refractivity contribution in [2.24, 2.45) is 0 Å². The van der Waals surface area contributed by atoms with Crippen LogP contribution in [-0.4, -0.2) is 48.7 Å². The van der Waals surface area contributed by atoms with Crippen LogP contribution in [0, 0.1) is 5.82 Å². The van der Waals surface area contributed by atoms with E-state index >= 15 is 0 Å². The highest BCUT2D eigenvalue weighted by atomic mass is 19.1. The van der Waals surface area contributed by atoms with Crippen molar-refractivity contribution < 1.29 is 14.0 Å². The summed E-state index contributed by atoms with van der Waals surface area (Å²) in [6, 6.07) is 5.36. The number of anilines is 2. The highest BCUT2D eigenvalue weighted by Gasteiger charge is 2.20. The van der Waals surface area contributed by atoms with E-state index in [2.05, 4.69) is 19.8 Å². The predicted molar refractivity (Wildman–Crippen MR) is 102 cm³/mol. The molecule has 0 spiro atoms. The maximum absolute atomic E-state index is 14.5. The molecule has 2 heterocycles. The Kier molecular flexibility index (Phi) is 6.11. The third-order valence-electron chi connectivity index (χ3n) is 4.98. The number of hydrogen-bond acceptors (Lipinski definition) is 6. The van der Waals surface area contributed by atoms with Crippen LogP contribution in [0.5, 0.6) is 0 Å². The highest BCUT2D eigenvalue weighted by Crippen LogP contribution is 2.27. The molecule has 6 nitrogen and oxygen atoms in total. The standard InChI is InChI=1S/C20H23FN4O2/c1-15(3-2-10-26)18-5-4-17(11-19(18)21)24-6-8-25(9-7-24)20-13-22-16(14-27)12-23-20/h4-5,10-15H,2-3,6-9H2,1H3. The first-order valence-electron chi connectivity index (χ1n) is 9.12. The Labute approximate surface area is 158 Å². The molecule has 1 aromatic carbocycles. The van der Waals surface area contributed by atoms with Gasteiger partial charge in [0, 0.05) is 38.3 Å². The number of halogens is 1. The molecule has 1 aromatic heterocycles. The highest BCUT2D eigenvalue weighted by molar-refractivity contribution is 5.71. The van der Waals surface area contributed by atoms with E-state index < -0.39 is 0 Å². The van der Waals surface area contributed by atoms with Crippen molar-refractivity contribution in [1.29, 1.82) is 0 Å². The summed E-state index contributed by atoms with van der Waals surface area (Å²) >= 11 is 0. The number of nitrogens with zero attached hydrogens (tertiary/aromatic N) is 4. The average Bonchev–Trinajstić information content (AvgIpc) is 2.72. The van der Waals surface area contributed by atoms with Crippen LogP contribution in [0.2, 0.25) is 0 Å². The topological polar surface area (TPSA) is 66.4 Å². The van der Waals surface area contributed by atoms with Gasteiger partial charge in [-0.15, -0.1) is 0 Å². The van der Waals surface area contributed by atoms with Crippen molar-refractivity contribution in [2.75, 3.05) is 36.0 Å². The fourth-order valence-electron chi connectivity index (χ4n) is 3.34. The Hall–Kier alpha value is -2.83. The first kappa shape index (κ1) is 18.9. The molecule has 0 N–H and O–H groups in total. The molecule has 0 radical (unpaired) electrons. The molecule has 1 fully saturated rings. The maximum atomic E-state index is 14.5. The third-order valence-corrected chi connectivity index (χ3v) is 4.98. The number of aldehydes is 2. The first-order chi connectivity index (χ1) is 13.1. The summed E-state index contributed by atoms with van der Waals surface area (Å²) in [5.41, 5.74) is 1.83. The summed E-state index contributed by atoms with van der Waals surface area (Å²) in [4.78, 5) is 33.8. The summed E-state index contributed by atoms with van der Waals surface area (Å²) in [6.45, 7) is 4.92. The second-order valence-corrected chi connectivity index (χ2v) is 6.74. The van der Waals surface area contributed by atoms with Crippen LogP contribution in [0.1, 0.15) is 41.7 Å². The van der Waals surface area contributed by atoms with Gasteiger partial charge in [0.2, 0.25) is 0 Å². The number of carbonyl (C=O) groups is 2. The minimum Gasteiger partial charge on any atom is -0.368 e. The molecular weight excluding hydrogens is 347 g/mol. The summed E-state index contributed by atoms with van der Waals surface area (Å²) in [6.07, 6.45) is 5.72. The van der Waals surface area contributed by atoms with Crippen LogP contribution in [0.25, 0.3) is 0 Å². The largest absolute Gasteiger partial charge is 0.368 e. The van der Waals surface area contributed by atoms with Crippen LogP contribution >= 0.6 is 0 Å². The number of piperazine rings is 1. The quantitative estimate of drug-likeness (QED) is 0.698. The molecule has 142 valence electrons. The van der Waals surface area contributed by atoms with Crippen LogP contribution in [-0.2, 0) is 4.79 Å². The van der Waals surface area contributed by atoms with E-state index in [1.165, 1.54) is 6.20 Å². The molecule has 1 saturated heterocycles. The first-order valence-corrected chi connectivity index (χ1v) is 9.12. The molecule has 1 aliphatic rings. The van der Waals surface area contributed by atoms with Crippen molar-refractivity contribution in [3.05, 3.63) is 47.7 Å². The van der Waals surface area contributed by atoms with Gasteiger partial charge in [0.05, 0.1) is 12.4 Å². The zero-order chi connectivity index (χ0) is 19.2. The molecule has 1 unspecified atom stereocenters. The van der Waals surface area contributed by atoms with Crippen molar-refractivity contribution in [2.45, 2.75) is 25.7 Å². The van der Waals surface area contributed by atoms with Gasteiger partial charge in [-0.05, 0) is 30.0 Å². The Morgan fingerprint density at radius 3 is 2.44 bits per heavy atom. The van der Waals surface area contributed by atoms with Crippen molar-refractivity contribution in [1.82, 2.24) is 9.97 Å². The SMILES string of the molecule is CC(CCC=O)c1ccc(N2CCN(c3cnc(C=O)cn3)CC2)cc1F. The smallest absolute Gasteiger partial charge is 0.170 e. The van der Waals surface area contributed by atoms with Crippen LogP contribution < -0.4 is 9.80 Å². The molecule has 0 amide bonds. The van der Waals surface area contributed by atoms with Crippen molar-refractivity contribution in [3.63, 3.8) is 0 Å². The Bertz CT molecular complexity index is 789. The number of carbonyl (C=O) groups excluding carboxylic acids is 2. The van der Waals surface area contributed by atoms with Gasteiger partial charge in [-0.2, -0.15) is 0 Å². The fraction of sp³-hybridized carbons (Fsp3) is 0.400. The van der Waals surface area contributed by atoms with Crippen LogP contribution in [0.3, 0.4) is 0 Å². The molecule has 2 aromatic rings. The third kappa shape index (κ3) is 4.48. The average molecular weight is 370 g/mol. The second-order valence-electron chi connectivity index (χ2n) is 6.74. The maximum Gasteiger partial charge on any atom is 0.170 e. The van der Waals surface area contributed by atoms with Crippen LogP contribution in [0.15, 0.2) is 30.6 Å². The fourth-order valence-corrected chi connectivity index (χ4v) is 3.34. The Balaban J connectivity index is 1.62. The minimum absolute atomic E-state index is 0.0222. The van der Waals surface area contributed by atoms with E-state index in [0.717, 1.165) is 44.0 Å². The normalized spacial score (nSPS) is 15.5. The van der Waals surface area contributed by atoms with Gasteiger partial charge >= 0.3 is 0 Å². The van der Waals surface area contributed by atoms with Gasteiger partial charge in [-0.3, -0.25) is 4.79 Å². The second kappa shape index (κ2) is 8.70. The molecule has 1 aliphatic heterocycles. The lowest BCUT2D eigenvalue weighted by atomic mass is 9.95. The van der Waals surface area contributed by atoms with Gasteiger partial charge in [0.15, 0.2) is 6.29 Å². The summed E-state index contributed by atoms with van der Waals surface area (Å²) < 4.78 is 14.5. The summed E-state index contributed by atoms with van der Waals surface area (Å²) in [7, 11) is 0. The number of aromatic nitrogens is 2. The van der Waals surface area contributed by atoms with E-state index in [1.807, 2.05) is 19.1 Å². The lowest BCUT2D eigenvalue weighted by molar-refractivity contribution is -0.108. The zero-order valence-electron chi connectivity index (χ0n) is 15.3. The number of rotatable bonds is 7. The Morgan fingerprint density at radius 2 is 1.85 bits per heavy atom. The van der Waals surface area contributed by atoms with Crippen molar-refractivity contribution in [3.8, 4) is 0 Å². The number of hydrogen-bond donors (Lipinski definition) is 0. The van der Waals surface area contributed by atoms with E-state index in [-0.39, 0.29) is 11.7 Å². The van der Waals surface area contributed by atoms with Gasteiger partial charge in [-0.1, -0.05) is 13.0 Å². The molecule has 1 atom stereocenters.